The first-order chi connectivity index (χ1) is 12.6. The number of benzene rings is 2. The molecule has 0 bridgehead atoms. The molecule has 0 amide bonds. The number of ether oxygens (including phenoxy) is 3. The number of hydrogen-bond acceptors (Lipinski definition) is 7. The van der Waals surface area contributed by atoms with Crippen LogP contribution in [-0.2, 0) is 14.2 Å². The van der Waals surface area contributed by atoms with Crippen LogP contribution in [0.1, 0.15) is 20.7 Å². The third-order valence-corrected chi connectivity index (χ3v) is 4.03. The van der Waals surface area contributed by atoms with E-state index in [0.29, 0.717) is 11.1 Å². The maximum atomic E-state index is 12.2. The molecule has 1 fully saturated rings. The van der Waals surface area contributed by atoms with E-state index < -0.39 is 36.5 Å². The second-order valence-electron chi connectivity index (χ2n) is 5.84. The maximum absolute atomic E-state index is 12.2. The van der Waals surface area contributed by atoms with E-state index in [0.717, 1.165) is 0 Å². The minimum absolute atomic E-state index is 0.203. The Labute approximate surface area is 150 Å². The van der Waals surface area contributed by atoms with Crippen LogP contribution >= 0.6 is 0 Å². The van der Waals surface area contributed by atoms with E-state index >= 15 is 0 Å². The number of carbonyl (C=O) groups excluding carboxylic acids is 2. The Kier molecular flexibility index (Phi) is 5.62. The molecular formula is C19H19NO6. The maximum Gasteiger partial charge on any atom is 0.338 e. The summed E-state index contributed by atoms with van der Waals surface area (Å²) in [5.74, 6) is -1.14. The molecule has 1 aliphatic rings. The monoisotopic (exact) mass is 357 g/mol. The zero-order chi connectivity index (χ0) is 18.5. The van der Waals surface area contributed by atoms with Gasteiger partial charge in [-0.3, -0.25) is 0 Å². The van der Waals surface area contributed by atoms with Crippen molar-refractivity contribution in [2.45, 2.75) is 24.5 Å². The van der Waals surface area contributed by atoms with Gasteiger partial charge in [-0.05, 0) is 24.3 Å². The van der Waals surface area contributed by atoms with Gasteiger partial charge in [-0.15, -0.1) is 0 Å². The van der Waals surface area contributed by atoms with E-state index in [9.17, 15) is 14.7 Å². The molecule has 1 heterocycles. The van der Waals surface area contributed by atoms with E-state index in [2.05, 4.69) is 0 Å². The van der Waals surface area contributed by atoms with Gasteiger partial charge in [0.25, 0.3) is 0 Å². The topological polar surface area (TPSA) is 108 Å². The molecule has 3 N–H and O–H groups in total. The number of nitrogens with two attached hydrogens (primary N) is 1. The summed E-state index contributed by atoms with van der Waals surface area (Å²) >= 11 is 0. The van der Waals surface area contributed by atoms with Crippen LogP contribution in [0.3, 0.4) is 0 Å². The highest BCUT2D eigenvalue weighted by atomic mass is 16.7. The van der Waals surface area contributed by atoms with E-state index in [1.165, 1.54) is 0 Å². The Bertz CT molecular complexity index is 751. The predicted molar refractivity (Wildman–Crippen MR) is 91.2 cm³/mol. The smallest absolute Gasteiger partial charge is 0.338 e. The molecule has 26 heavy (non-hydrogen) atoms. The molecule has 0 saturated carbocycles. The van der Waals surface area contributed by atoms with Crippen LogP contribution in [0.2, 0.25) is 0 Å². The quantitative estimate of drug-likeness (QED) is 0.772. The SMILES string of the molecule is N[C@@H]1[C@H](OC(=O)c2ccccc2)[C@@H](COC(=O)c2ccccc2)O[C@H]1O. The number of aliphatic hydroxyl groups excluding tert-OH is 1. The zero-order valence-electron chi connectivity index (χ0n) is 13.9. The molecule has 4 atom stereocenters. The van der Waals surface area contributed by atoms with E-state index in [1.807, 2.05) is 0 Å². The summed E-state index contributed by atoms with van der Waals surface area (Å²) in [6.07, 6.45) is -3.12. The summed E-state index contributed by atoms with van der Waals surface area (Å²) < 4.78 is 15.9. The molecule has 136 valence electrons. The summed E-state index contributed by atoms with van der Waals surface area (Å²) in [6, 6.07) is 15.9. The Morgan fingerprint density at radius 1 is 0.962 bits per heavy atom. The van der Waals surface area contributed by atoms with Crippen LogP contribution < -0.4 is 5.73 Å². The molecule has 2 aromatic carbocycles. The molecule has 3 rings (SSSR count). The van der Waals surface area contributed by atoms with Crippen molar-refractivity contribution in [3.05, 3.63) is 71.8 Å². The fraction of sp³-hybridized carbons (Fsp3) is 0.263. The fourth-order valence-corrected chi connectivity index (χ4v) is 2.63. The van der Waals surface area contributed by atoms with Crippen LogP contribution in [0.25, 0.3) is 0 Å². The highest BCUT2D eigenvalue weighted by Gasteiger charge is 2.45. The van der Waals surface area contributed by atoms with Gasteiger partial charge in [0.15, 0.2) is 12.4 Å². The van der Waals surface area contributed by atoms with Crippen LogP contribution in [0.5, 0.6) is 0 Å². The molecule has 0 aliphatic carbocycles. The summed E-state index contributed by atoms with van der Waals surface area (Å²) in [6.45, 7) is -0.203. The summed E-state index contributed by atoms with van der Waals surface area (Å²) in [4.78, 5) is 24.3. The molecule has 0 unspecified atom stereocenters. The lowest BCUT2D eigenvalue weighted by Gasteiger charge is -2.21. The van der Waals surface area contributed by atoms with Gasteiger partial charge in [0, 0.05) is 0 Å². The van der Waals surface area contributed by atoms with Gasteiger partial charge in [0.2, 0.25) is 0 Å². The number of carbonyl (C=O) groups is 2. The molecule has 2 aromatic rings. The van der Waals surface area contributed by atoms with Gasteiger partial charge in [-0.25, -0.2) is 9.59 Å². The van der Waals surface area contributed by atoms with Crippen molar-refractivity contribution in [1.82, 2.24) is 0 Å². The van der Waals surface area contributed by atoms with E-state index in [-0.39, 0.29) is 6.61 Å². The third-order valence-electron chi connectivity index (χ3n) is 4.03. The standard InChI is InChI=1S/C19H19NO6/c20-15-16(26-18(22)13-9-5-2-6-10-13)14(25-19(15)23)11-24-17(21)12-7-3-1-4-8-12/h1-10,14-16,19,23H,11,20H2/t14-,15-,16-,19-/m1/s1. The van der Waals surface area contributed by atoms with Crippen molar-refractivity contribution in [2.75, 3.05) is 6.61 Å². The molecule has 0 radical (unpaired) electrons. The number of rotatable bonds is 5. The predicted octanol–water partition coefficient (Wildman–Crippen LogP) is 1.11. The first kappa shape index (κ1) is 18.1. The molecular weight excluding hydrogens is 338 g/mol. The fourth-order valence-electron chi connectivity index (χ4n) is 2.63. The van der Waals surface area contributed by atoms with Crippen LogP contribution in [0, 0.1) is 0 Å². The number of aliphatic hydroxyl groups is 1. The second-order valence-corrected chi connectivity index (χ2v) is 5.84. The first-order valence-corrected chi connectivity index (χ1v) is 8.13. The van der Waals surface area contributed by atoms with Crippen molar-refractivity contribution in [3.63, 3.8) is 0 Å². The largest absolute Gasteiger partial charge is 0.459 e. The van der Waals surface area contributed by atoms with Gasteiger partial charge in [0.1, 0.15) is 12.7 Å². The lowest BCUT2D eigenvalue weighted by molar-refractivity contribution is -0.112. The first-order valence-electron chi connectivity index (χ1n) is 8.13. The summed E-state index contributed by atoms with van der Waals surface area (Å²) in [5, 5.41) is 9.83. The Morgan fingerprint density at radius 2 is 1.50 bits per heavy atom. The lowest BCUT2D eigenvalue weighted by atomic mass is 10.1. The second kappa shape index (κ2) is 8.09. The molecule has 1 saturated heterocycles. The normalized spacial score (nSPS) is 24.8. The lowest BCUT2D eigenvalue weighted by Crippen LogP contribution is -2.44. The average molecular weight is 357 g/mol. The van der Waals surface area contributed by atoms with Crippen molar-refractivity contribution >= 4 is 11.9 Å². The molecule has 0 spiro atoms. The Balaban J connectivity index is 1.63. The summed E-state index contributed by atoms with van der Waals surface area (Å²) in [5.41, 5.74) is 6.59. The number of esters is 2. The van der Waals surface area contributed by atoms with E-state index in [1.54, 1.807) is 60.7 Å². The molecule has 7 heteroatoms. The minimum atomic E-state index is -1.32. The van der Waals surface area contributed by atoms with Crippen LogP contribution in [-0.4, -0.2) is 48.2 Å². The van der Waals surface area contributed by atoms with Gasteiger partial charge in [0.05, 0.1) is 17.2 Å². The average Bonchev–Trinajstić information content (AvgIpc) is 2.95. The Morgan fingerprint density at radius 3 is 2.08 bits per heavy atom. The van der Waals surface area contributed by atoms with Gasteiger partial charge >= 0.3 is 11.9 Å². The summed E-state index contributed by atoms with van der Waals surface area (Å²) in [7, 11) is 0. The highest BCUT2D eigenvalue weighted by molar-refractivity contribution is 5.90. The Hall–Kier alpha value is -2.74. The van der Waals surface area contributed by atoms with Gasteiger partial charge in [-0.2, -0.15) is 0 Å². The molecule has 7 nitrogen and oxygen atoms in total. The van der Waals surface area contributed by atoms with Crippen molar-refractivity contribution < 1.29 is 28.9 Å². The number of hydrogen-bond donors (Lipinski definition) is 2. The highest BCUT2D eigenvalue weighted by Crippen LogP contribution is 2.23. The molecule has 0 aromatic heterocycles. The van der Waals surface area contributed by atoms with Crippen molar-refractivity contribution in [2.24, 2.45) is 5.73 Å². The zero-order valence-corrected chi connectivity index (χ0v) is 13.9. The van der Waals surface area contributed by atoms with Crippen molar-refractivity contribution in [1.29, 1.82) is 0 Å². The third kappa shape index (κ3) is 4.08. The van der Waals surface area contributed by atoms with Gasteiger partial charge in [-0.1, -0.05) is 36.4 Å². The molecule has 1 aliphatic heterocycles. The van der Waals surface area contributed by atoms with E-state index in [4.69, 9.17) is 19.9 Å². The minimum Gasteiger partial charge on any atom is -0.459 e. The van der Waals surface area contributed by atoms with Gasteiger partial charge < -0.3 is 25.1 Å². The van der Waals surface area contributed by atoms with Crippen LogP contribution in [0.15, 0.2) is 60.7 Å². The van der Waals surface area contributed by atoms with Crippen LogP contribution in [0.4, 0.5) is 0 Å². The van der Waals surface area contributed by atoms with Crippen molar-refractivity contribution in [3.8, 4) is 0 Å².